The van der Waals surface area contributed by atoms with Crippen LogP contribution in [0.25, 0.3) is 0 Å². The van der Waals surface area contributed by atoms with E-state index in [2.05, 4.69) is 10.6 Å². The highest BCUT2D eigenvalue weighted by atomic mass is 16.5. The van der Waals surface area contributed by atoms with E-state index in [-0.39, 0.29) is 11.8 Å². The lowest BCUT2D eigenvalue weighted by atomic mass is 9.74. The summed E-state index contributed by atoms with van der Waals surface area (Å²) in [6, 6.07) is 1.80. The highest BCUT2D eigenvalue weighted by molar-refractivity contribution is 5.76. The van der Waals surface area contributed by atoms with Gasteiger partial charge >= 0.3 is 0 Å². The Labute approximate surface area is 133 Å². The fourth-order valence-corrected chi connectivity index (χ4v) is 4.78. The van der Waals surface area contributed by atoms with Crippen molar-refractivity contribution in [3.63, 3.8) is 0 Å². The van der Waals surface area contributed by atoms with Crippen LogP contribution in [0, 0.1) is 11.8 Å². The van der Waals surface area contributed by atoms with E-state index in [1.54, 1.807) is 0 Å². The molecule has 0 spiro atoms. The van der Waals surface area contributed by atoms with Gasteiger partial charge < -0.3 is 21.1 Å². The number of carbonyl (C=O) groups is 1. The zero-order valence-electron chi connectivity index (χ0n) is 13.7. The molecular formula is C17H31N3O2. The summed E-state index contributed by atoms with van der Waals surface area (Å²) in [7, 11) is 1.83. The molecule has 1 saturated heterocycles. The van der Waals surface area contributed by atoms with Gasteiger partial charge in [0.2, 0.25) is 5.91 Å². The Kier molecular flexibility index (Phi) is 5.37. The van der Waals surface area contributed by atoms with Crippen LogP contribution < -0.4 is 16.4 Å². The molecule has 4 atom stereocenters. The van der Waals surface area contributed by atoms with Gasteiger partial charge in [-0.05, 0) is 63.8 Å². The van der Waals surface area contributed by atoms with Crippen LogP contribution in [-0.2, 0) is 9.53 Å². The van der Waals surface area contributed by atoms with Crippen LogP contribution in [0.2, 0.25) is 0 Å². The molecule has 5 nitrogen and oxygen atoms in total. The van der Waals surface area contributed by atoms with Gasteiger partial charge in [-0.15, -0.1) is 0 Å². The first kappa shape index (κ1) is 16.2. The molecule has 0 radical (unpaired) electrons. The molecule has 0 aromatic carbocycles. The molecule has 1 amide bonds. The van der Waals surface area contributed by atoms with Crippen LogP contribution in [-0.4, -0.2) is 43.8 Å². The Hall–Kier alpha value is -0.650. The number of piperidine rings is 1. The van der Waals surface area contributed by atoms with Gasteiger partial charge in [-0.3, -0.25) is 4.79 Å². The Balaban J connectivity index is 1.51. The van der Waals surface area contributed by atoms with Crippen molar-refractivity contribution in [2.75, 3.05) is 13.7 Å². The summed E-state index contributed by atoms with van der Waals surface area (Å²) in [5.74, 6) is 0.725. The van der Waals surface area contributed by atoms with Crippen molar-refractivity contribution in [3.05, 3.63) is 0 Å². The van der Waals surface area contributed by atoms with Gasteiger partial charge in [-0.25, -0.2) is 0 Å². The van der Waals surface area contributed by atoms with Crippen molar-refractivity contribution in [2.24, 2.45) is 17.6 Å². The van der Waals surface area contributed by atoms with Crippen LogP contribution in [0.4, 0.5) is 0 Å². The number of nitrogens with two attached hydrogens (primary N) is 1. The summed E-state index contributed by atoms with van der Waals surface area (Å²) < 4.78 is 5.56. The van der Waals surface area contributed by atoms with Gasteiger partial charge in [0, 0.05) is 31.2 Å². The molecule has 4 N–H and O–H groups in total. The molecule has 3 rings (SSSR count). The molecule has 1 aliphatic heterocycles. The van der Waals surface area contributed by atoms with Gasteiger partial charge in [0.1, 0.15) is 0 Å². The second-order valence-corrected chi connectivity index (χ2v) is 7.41. The minimum absolute atomic E-state index is 0.107. The van der Waals surface area contributed by atoms with Gasteiger partial charge in [0.15, 0.2) is 0 Å². The Morgan fingerprint density at radius 2 is 1.91 bits per heavy atom. The minimum Gasteiger partial charge on any atom is -0.381 e. The van der Waals surface area contributed by atoms with Crippen LogP contribution in [0.3, 0.4) is 0 Å². The molecule has 3 aliphatic rings. The van der Waals surface area contributed by atoms with E-state index < -0.39 is 0 Å². The minimum atomic E-state index is -0.113. The summed E-state index contributed by atoms with van der Waals surface area (Å²) in [6.45, 7) is 1.10. The van der Waals surface area contributed by atoms with Crippen LogP contribution >= 0.6 is 0 Å². The summed E-state index contributed by atoms with van der Waals surface area (Å²) in [5, 5.41) is 7.61. The molecule has 0 bridgehead atoms. The summed E-state index contributed by atoms with van der Waals surface area (Å²) in [6.07, 6.45) is 9.33. The molecule has 5 heteroatoms. The number of primary amides is 1. The summed E-state index contributed by atoms with van der Waals surface area (Å²) >= 11 is 0. The first-order valence-corrected chi connectivity index (χ1v) is 8.99. The van der Waals surface area contributed by atoms with Crippen molar-refractivity contribution >= 4 is 5.91 Å². The standard InChI is InChI=1S/C17H31N3O2/c1-22-13-6-7-14-15(8-9-19-16(14)10-13)20-12-4-2-11(3-5-12)17(18)21/h11-16,19-20H,2-10H2,1H3,(H2,18,21). The van der Waals surface area contributed by atoms with E-state index in [1.807, 2.05) is 7.11 Å². The lowest BCUT2D eigenvalue weighted by Gasteiger charge is -2.46. The molecule has 0 aromatic heterocycles. The number of amides is 1. The number of nitrogens with one attached hydrogen (secondary N) is 2. The number of ether oxygens (including phenoxy) is 1. The largest absolute Gasteiger partial charge is 0.381 e. The van der Waals surface area contributed by atoms with E-state index in [0.29, 0.717) is 24.2 Å². The first-order chi connectivity index (χ1) is 10.7. The smallest absolute Gasteiger partial charge is 0.220 e. The van der Waals surface area contributed by atoms with E-state index in [1.165, 1.54) is 19.3 Å². The number of hydrogen-bond acceptors (Lipinski definition) is 4. The molecule has 3 fully saturated rings. The fraction of sp³-hybridized carbons (Fsp3) is 0.941. The highest BCUT2D eigenvalue weighted by Crippen LogP contribution is 2.33. The molecule has 22 heavy (non-hydrogen) atoms. The number of hydrogen-bond donors (Lipinski definition) is 3. The Morgan fingerprint density at radius 3 is 2.59 bits per heavy atom. The van der Waals surface area contributed by atoms with Crippen LogP contribution in [0.15, 0.2) is 0 Å². The first-order valence-electron chi connectivity index (χ1n) is 8.99. The number of methoxy groups -OCH3 is 1. The number of carbonyl (C=O) groups excluding carboxylic acids is 1. The maximum absolute atomic E-state index is 11.3. The average molecular weight is 309 g/mol. The van der Waals surface area contributed by atoms with E-state index in [4.69, 9.17) is 10.5 Å². The Bertz CT molecular complexity index is 382. The van der Waals surface area contributed by atoms with E-state index >= 15 is 0 Å². The van der Waals surface area contributed by atoms with Crippen LogP contribution in [0.5, 0.6) is 0 Å². The maximum Gasteiger partial charge on any atom is 0.220 e. The predicted octanol–water partition coefficient (Wildman–Crippen LogP) is 1.17. The number of rotatable bonds is 4. The SMILES string of the molecule is COC1CCC2C(C1)NCCC2NC1CCC(C(N)=O)CC1. The van der Waals surface area contributed by atoms with Crippen molar-refractivity contribution in [1.29, 1.82) is 0 Å². The third-order valence-corrected chi connectivity index (χ3v) is 6.15. The van der Waals surface area contributed by atoms with Crippen molar-refractivity contribution in [3.8, 4) is 0 Å². The summed E-state index contributed by atoms with van der Waals surface area (Å²) in [4.78, 5) is 11.3. The molecule has 126 valence electrons. The van der Waals surface area contributed by atoms with Crippen molar-refractivity contribution < 1.29 is 9.53 Å². The zero-order valence-corrected chi connectivity index (χ0v) is 13.7. The molecule has 2 aliphatic carbocycles. The van der Waals surface area contributed by atoms with Crippen LogP contribution in [0.1, 0.15) is 51.4 Å². The topological polar surface area (TPSA) is 76.4 Å². The lowest BCUT2D eigenvalue weighted by molar-refractivity contribution is -0.122. The van der Waals surface area contributed by atoms with E-state index in [0.717, 1.165) is 44.6 Å². The second-order valence-electron chi connectivity index (χ2n) is 7.41. The molecule has 0 aromatic rings. The maximum atomic E-state index is 11.3. The summed E-state index contributed by atoms with van der Waals surface area (Å²) in [5.41, 5.74) is 5.43. The third kappa shape index (κ3) is 3.63. The van der Waals surface area contributed by atoms with Gasteiger partial charge in [0.25, 0.3) is 0 Å². The fourth-order valence-electron chi connectivity index (χ4n) is 4.78. The van der Waals surface area contributed by atoms with E-state index in [9.17, 15) is 4.79 Å². The number of fused-ring (bicyclic) bond motifs is 1. The predicted molar refractivity (Wildman–Crippen MR) is 86.4 cm³/mol. The van der Waals surface area contributed by atoms with Crippen molar-refractivity contribution in [1.82, 2.24) is 10.6 Å². The normalized spacial score (nSPS) is 42.6. The zero-order chi connectivity index (χ0) is 15.5. The molecule has 4 unspecified atom stereocenters. The van der Waals surface area contributed by atoms with Gasteiger partial charge in [-0.2, -0.15) is 0 Å². The Morgan fingerprint density at radius 1 is 1.14 bits per heavy atom. The van der Waals surface area contributed by atoms with Gasteiger partial charge in [0.05, 0.1) is 6.10 Å². The van der Waals surface area contributed by atoms with Gasteiger partial charge in [-0.1, -0.05) is 0 Å². The molecule has 1 heterocycles. The monoisotopic (exact) mass is 309 g/mol. The average Bonchev–Trinajstić information content (AvgIpc) is 2.55. The third-order valence-electron chi connectivity index (χ3n) is 6.15. The molecule has 2 saturated carbocycles. The molecular weight excluding hydrogens is 278 g/mol. The quantitative estimate of drug-likeness (QED) is 0.728. The highest BCUT2D eigenvalue weighted by Gasteiger charge is 2.39. The van der Waals surface area contributed by atoms with Crippen molar-refractivity contribution in [2.45, 2.75) is 75.6 Å². The lowest BCUT2D eigenvalue weighted by Crippen LogP contribution is -2.58. The second kappa shape index (κ2) is 7.28.